The Bertz CT molecular complexity index is 1490. The average Bonchev–Trinajstić information content (AvgIpc) is 3.18. The van der Waals surface area contributed by atoms with Crippen LogP contribution in [0.15, 0.2) is 76.4 Å². The SMILES string of the molecule is COc1cccc(CN(C)C(=O)c2ccccc2NS(=O)(=O)c2ccc3[nH]c(=O)[nH]c3c2)c1. The van der Waals surface area contributed by atoms with Crippen molar-refractivity contribution in [3.8, 4) is 5.75 Å². The third kappa shape index (κ3) is 4.75. The third-order valence-corrected chi connectivity index (χ3v) is 6.46. The molecule has 0 aliphatic rings. The highest BCUT2D eigenvalue weighted by Gasteiger charge is 2.21. The van der Waals surface area contributed by atoms with Crippen molar-refractivity contribution in [3.63, 3.8) is 0 Å². The molecule has 10 heteroatoms. The van der Waals surface area contributed by atoms with E-state index in [-0.39, 0.29) is 22.1 Å². The summed E-state index contributed by atoms with van der Waals surface area (Å²) in [7, 11) is -0.805. The Labute approximate surface area is 190 Å². The first-order chi connectivity index (χ1) is 15.8. The van der Waals surface area contributed by atoms with Crippen molar-refractivity contribution in [1.82, 2.24) is 14.9 Å². The van der Waals surface area contributed by atoms with Gasteiger partial charge in [0.25, 0.3) is 15.9 Å². The summed E-state index contributed by atoms with van der Waals surface area (Å²) in [5.41, 5.74) is 1.67. The fourth-order valence-corrected chi connectivity index (χ4v) is 4.57. The van der Waals surface area contributed by atoms with Gasteiger partial charge in [-0.25, -0.2) is 13.2 Å². The Morgan fingerprint density at radius 1 is 1.00 bits per heavy atom. The lowest BCUT2D eigenvalue weighted by Crippen LogP contribution is -2.27. The van der Waals surface area contributed by atoms with E-state index in [0.29, 0.717) is 23.3 Å². The normalized spacial score (nSPS) is 11.3. The van der Waals surface area contributed by atoms with Gasteiger partial charge >= 0.3 is 5.69 Å². The van der Waals surface area contributed by atoms with E-state index in [1.54, 1.807) is 32.4 Å². The summed E-state index contributed by atoms with van der Waals surface area (Å²) in [5.74, 6) is 0.337. The van der Waals surface area contributed by atoms with Crippen LogP contribution in [0, 0.1) is 0 Å². The molecule has 0 unspecified atom stereocenters. The zero-order valence-corrected chi connectivity index (χ0v) is 18.8. The number of hydrogen-bond acceptors (Lipinski definition) is 5. The molecule has 170 valence electrons. The van der Waals surface area contributed by atoms with Gasteiger partial charge in [-0.1, -0.05) is 24.3 Å². The molecule has 33 heavy (non-hydrogen) atoms. The van der Waals surface area contributed by atoms with E-state index in [4.69, 9.17) is 4.74 Å². The largest absolute Gasteiger partial charge is 0.497 e. The molecule has 0 aliphatic carbocycles. The predicted octanol–water partition coefficient (Wildman–Crippen LogP) is 2.94. The molecule has 1 heterocycles. The lowest BCUT2D eigenvalue weighted by molar-refractivity contribution is 0.0786. The standard InChI is InChI=1S/C23H22N4O5S/c1-27(14-15-6-5-7-16(12-15)32-2)22(28)18-8-3-4-9-19(18)26-33(30,31)17-10-11-20-21(13-17)25-23(29)24-20/h3-13,26H,14H2,1-2H3,(H2,24,25,29). The number of imidazole rings is 1. The van der Waals surface area contributed by atoms with E-state index < -0.39 is 15.7 Å². The van der Waals surface area contributed by atoms with Gasteiger partial charge in [0.2, 0.25) is 0 Å². The van der Waals surface area contributed by atoms with Crippen LogP contribution in [0.5, 0.6) is 5.75 Å². The summed E-state index contributed by atoms with van der Waals surface area (Å²) in [6.07, 6.45) is 0. The van der Waals surface area contributed by atoms with Crippen molar-refractivity contribution in [1.29, 1.82) is 0 Å². The number of benzene rings is 3. The molecule has 1 aromatic heterocycles. The van der Waals surface area contributed by atoms with Crippen molar-refractivity contribution in [2.24, 2.45) is 0 Å². The molecule has 1 amide bonds. The minimum Gasteiger partial charge on any atom is -0.497 e. The van der Waals surface area contributed by atoms with Crippen LogP contribution >= 0.6 is 0 Å². The van der Waals surface area contributed by atoms with Crippen LogP contribution in [-0.2, 0) is 16.6 Å². The van der Waals surface area contributed by atoms with E-state index in [0.717, 1.165) is 5.56 Å². The number of methoxy groups -OCH3 is 1. The van der Waals surface area contributed by atoms with Gasteiger partial charge in [-0.15, -0.1) is 0 Å². The Kier molecular flexibility index (Phi) is 5.93. The van der Waals surface area contributed by atoms with Crippen molar-refractivity contribution in [2.45, 2.75) is 11.4 Å². The molecule has 0 fully saturated rings. The number of hydrogen-bond donors (Lipinski definition) is 3. The van der Waals surface area contributed by atoms with Crippen molar-refractivity contribution in [2.75, 3.05) is 18.9 Å². The second kappa shape index (κ2) is 8.83. The molecule has 0 saturated carbocycles. The summed E-state index contributed by atoms with van der Waals surface area (Å²) in [5, 5.41) is 0. The minimum absolute atomic E-state index is 0.0442. The van der Waals surface area contributed by atoms with Gasteiger partial charge in [-0.05, 0) is 48.0 Å². The number of anilines is 1. The van der Waals surface area contributed by atoms with Crippen LogP contribution in [0.25, 0.3) is 11.0 Å². The summed E-state index contributed by atoms with van der Waals surface area (Å²) in [6.45, 7) is 0.314. The molecular formula is C23H22N4O5S. The van der Waals surface area contributed by atoms with Crippen molar-refractivity contribution in [3.05, 3.63) is 88.3 Å². The van der Waals surface area contributed by atoms with E-state index in [2.05, 4.69) is 14.7 Å². The zero-order chi connectivity index (χ0) is 23.6. The smallest absolute Gasteiger partial charge is 0.323 e. The molecule has 0 atom stereocenters. The van der Waals surface area contributed by atoms with E-state index >= 15 is 0 Å². The molecule has 0 aliphatic heterocycles. The van der Waals surface area contributed by atoms with Crippen molar-refractivity contribution >= 4 is 32.7 Å². The average molecular weight is 467 g/mol. The van der Waals surface area contributed by atoms with Gasteiger partial charge in [0, 0.05) is 13.6 Å². The van der Waals surface area contributed by atoms with Gasteiger partial charge in [-0.2, -0.15) is 0 Å². The molecule has 4 rings (SSSR count). The number of aromatic nitrogens is 2. The second-order valence-electron chi connectivity index (χ2n) is 7.45. The first kappa shape index (κ1) is 22.2. The maximum absolute atomic E-state index is 13.1. The maximum Gasteiger partial charge on any atom is 0.323 e. The number of para-hydroxylation sites is 1. The predicted molar refractivity (Wildman–Crippen MR) is 125 cm³/mol. The van der Waals surface area contributed by atoms with E-state index in [9.17, 15) is 18.0 Å². The summed E-state index contributed by atoms with van der Waals surface area (Å²) in [4.78, 5) is 31.2. The Balaban J connectivity index is 1.59. The Hall–Kier alpha value is -4.05. The molecular weight excluding hydrogens is 444 g/mol. The maximum atomic E-state index is 13.1. The fourth-order valence-electron chi connectivity index (χ4n) is 3.46. The number of H-pyrrole nitrogens is 2. The van der Waals surface area contributed by atoms with Crippen LogP contribution < -0.4 is 15.1 Å². The zero-order valence-electron chi connectivity index (χ0n) is 18.0. The monoisotopic (exact) mass is 466 g/mol. The number of fused-ring (bicyclic) bond motifs is 1. The van der Waals surface area contributed by atoms with E-state index in [1.165, 1.54) is 29.2 Å². The van der Waals surface area contributed by atoms with Gasteiger partial charge in [0.1, 0.15) is 5.75 Å². The van der Waals surface area contributed by atoms with Crippen LogP contribution in [0.2, 0.25) is 0 Å². The number of ether oxygens (including phenoxy) is 1. The number of rotatable bonds is 7. The molecule has 0 radical (unpaired) electrons. The highest BCUT2D eigenvalue weighted by Crippen LogP contribution is 2.23. The lowest BCUT2D eigenvalue weighted by atomic mass is 10.1. The fraction of sp³-hybridized carbons (Fsp3) is 0.130. The molecule has 9 nitrogen and oxygen atoms in total. The van der Waals surface area contributed by atoms with Crippen LogP contribution in [0.4, 0.5) is 5.69 Å². The molecule has 0 saturated heterocycles. The third-order valence-electron chi connectivity index (χ3n) is 5.10. The molecule has 0 bridgehead atoms. The molecule has 3 aromatic carbocycles. The molecule has 0 spiro atoms. The number of aromatic amines is 2. The number of nitrogens with one attached hydrogen (secondary N) is 3. The number of carbonyl (C=O) groups is 1. The van der Waals surface area contributed by atoms with Crippen LogP contribution in [0.3, 0.4) is 0 Å². The number of amides is 1. The second-order valence-corrected chi connectivity index (χ2v) is 9.13. The summed E-state index contributed by atoms with van der Waals surface area (Å²) >= 11 is 0. The summed E-state index contributed by atoms with van der Waals surface area (Å²) in [6, 6.07) is 18.0. The summed E-state index contributed by atoms with van der Waals surface area (Å²) < 4.78 is 33.7. The minimum atomic E-state index is -4.02. The van der Waals surface area contributed by atoms with Crippen molar-refractivity contribution < 1.29 is 17.9 Å². The lowest BCUT2D eigenvalue weighted by Gasteiger charge is -2.20. The highest BCUT2D eigenvalue weighted by molar-refractivity contribution is 7.92. The quantitative estimate of drug-likeness (QED) is 0.386. The number of sulfonamides is 1. The topological polar surface area (TPSA) is 124 Å². The highest BCUT2D eigenvalue weighted by atomic mass is 32.2. The Morgan fingerprint density at radius 2 is 1.76 bits per heavy atom. The van der Waals surface area contributed by atoms with Crippen LogP contribution in [-0.4, -0.2) is 43.4 Å². The van der Waals surface area contributed by atoms with Gasteiger partial charge in [-0.3, -0.25) is 9.52 Å². The van der Waals surface area contributed by atoms with Crippen LogP contribution in [0.1, 0.15) is 15.9 Å². The number of carbonyl (C=O) groups excluding carboxylic acids is 1. The van der Waals surface area contributed by atoms with Gasteiger partial charge in [0.05, 0.1) is 34.3 Å². The number of nitrogens with zero attached hydrogens (tertiary/aromatic N) is 1. The first-order valence-electron chi connectivity index (χ1n) is 9.99. The van der Waals surface area contributed by atoms with E-state index in [1.807, 2.05) is 24.3 Å². The molecule has 3 N–H and O–H groups in total. The Morgan fingerprint density at radius 3 is 2.55 bits per heavy atom. The van der Waals surface area contributed by atoms with Gasteiger partial charge < -0.3 is 19.6 Å². The first-order valence-corrected chi connectivity index (χ1v) is 11.5. The van der Waals surface area contributed by atoms with Gasteiger partial charge in [0.15, 0.2) is 0 Å². The molecule has 4 aromatic rings.